The normalized spacial score (nSPS) is 19.9. The monoisotopic (exact) mass is 244 g/mol. The highest BCUT2D eigenvalue weighted by Crippen LogP contribution is 2.24. The number of aromatic nitrogens is 3. The first kappa shape index (κ1) is 11.3. The van der Waals surface area contributed by atoms with Crippen molar-refractivity contribution in [3.8, 4) is 11.5 Å². The first-order valence-corrected chi connectivity index (χ1v) is 6.31. The van der Waals surface area contributed by atoms with E-state index in [0.29, 0.717) is 11.7 Å². The van der Waals surface area contributed by atoms with Gasteiger partial charge < -0.3 is 9.84 Å². The predicted octanol–water partition coefficient (Wildman–Crippen LogP) is 1.91. The van der Waals surface area contributed by atoms with Crippen molar-refractivity contribution in [2.45, 2.75) is 25.7 Å². The smallest absolute Gasteiger partial charge is 0.231 e. The minimum absolute atomic E-state index is 0.337. The van der Waals surface area contributed by atoms with E-state index in [-0.39, 0.29) is 0 Å². The number of hydrogen-bond acceptors (Lipinski definition) is 5. The molecule has 1 aliphatic rings. The zero-order chi connectivity index (χ0) is 12.4. The molecule has 0 aromatic carbocycles. The molecule has 3 rings (SSSR count). The molecule has 5 nitrogen and oxygen atoms in total. The first-order valence-electron chi connectivity index (χ1n) is 6.31. The largest absolute Gasteiger partial charge is 0.339 e. The Morgan fingerprint density at radius 3 is 3.17 bits per heavy atom. The van der Waals surface area contributed by atoms with Gasteiger partial charge in [0.05, 0.1) is 5.92 Å². The van der Waals surface area contributed by atoms with Crippen LogP contribution < -0.4 is 5.32 Å². The molecule has 1 fully saturated rings. The van der Waals surface area contributed by atoms with Gasteiger partial charge in [0.2, 0.25) is 11.7 Å². The summed E-state index contributed by atoms with van der Waals surface area (Å²) in [6.07, 6.45) is 4.02. The quantitative estimate of drug-likeness (QED) is 0.874. The van der Waals surface area contributed by atoms with E-state index in [0.717, 1.165) is 43.1 Å². The molecule has 2 aromatic heterocycles. The number of piperidine rings is 1. The van der Waals surface area contributed by atoms with Crippen molar-refractivity contribution < 1.29 is 4.52 Å². The Balaban J connectivity index is 1.87. The van der Waals surface area contributed by atoms with E-state index >= 15 is 0 Å². The van der Waals surface area contributed by atoms with E-state index in [1.54, 1.807) is 6.20 Å². The van der Waals surface area contributed by atoms with Gasteiger partial charge in [0, 0.05) is 12.7 Å². The number of nitrogens with zero attached hydrogens (tertiary/aromatic N) is 3. The van der Waals surface area contributed by atoms with Gasteiger partial charge in [0.1, 0.15) is 5.69 Å². The standard InChI is InChI=1S/C13H16N4O/c1-9-4-2-7-15-11(9)12-16-13(18-17-12)10-5-3-6-14-8-10/h2,4,7,10,14H,3,5-6,8H2,1H3. The van der Waals surface area contributed by atoms with E-state index in [9.17, 15) is 0 Å². The molecule has 94 valence electrons. The molecular weight excluding hydrogens is 228 g/mol. The molecule has 0 spiro atoms. The van der Waals surface area contributed by atoms with E-state index < -0.39 is 0 Å². The van der Waals surface area contributed by atoms with Crippen LogP contribution in [-0.2, 0) is 0 Å². The summed E-state index contributed by atoms with van der Waals surface area (Å²) in [4.78, 5) is 8.79. The molecular formula is C13H16N4O. The van der Waals surface area contributed by atoms with Gasteiger partial charge >= 0.3 is 0 Å². The molecule has 2 aromatic rings. The fourth-order valence-electron chi connectivity index (χ4n) is 2.28. The lowest BCUT2D eigenvalue weighted by Crippen LogP contribution is -2.28. The first-order chi connectivity index (χ1) is 8.84. The predicted molar refractivity (Wildman–Crippen MR) is 67.1 cm³/mol. The average Bonchev–Trinajstić information content (AvgIpc) is 2.90. The third-order valence-electron chi connectivity index (χ3n) is 3.31. The van der Waals surface area contributed by atoms with Crippen LogP contribution in [0.5, 0.6) is 0 Å². The summed E-state index contributed by atoms with van der Waals surface area (Å²) in [5.41, 5.74) is 1.86. The summed E-state index contributed by atoms with van der Waals surface area (Å²) < 4.78 is 5.37. The van der Waals surface area contributed by atoms with Crippen molar-refractivity contribution >= 4 is 0 Å². The summed E-state index contributed by atoms with van der Waals surface area (Å²) in [6.45, 7) is 4.00. The maximum atomic E-state index is 5.37. The van der Waals surface area contributed by atoms with Gasteiger partial charge in [0.25, 0.3) is 0 Å². The number of hydrogen-bond donors (Lipinski definition) is 1. The van der Waals surface area contributed by atoms with E-state index in [1.807, 2.05) is 19.1 Å². The Kier molecular flexibility index (Phi) is 3.06. The Morgan fingerprint density at radius 2 is 2.39 bits per heavy atom. The van der Waals surface area contributed by atoms with Gasteiger partial charge in [-0.1, -0.05) is 11.2 Å². The second kappa shape index (κ2) is 4.86. The van der Waals surface area contributed by atoms with Crippen LogP contribution in [0, 0.1) is 6.92 Å². The zero-order valence-corrected chi connectivity index (χ0v) is 10.4. The van der Waals surface area contributed by atoms with E-state index in [4.69, 9.17) is 4.52 Å². The topological polar surface area (TPSA) is 63.8 Å². The lowest BCUT2D eigenvalue weighted by molar-refractivity contribution is 0.322. The van der Waals surface area contributed by atoms with Gasteiger partial charge in [-0.2, -0.15) is 4.98 Å². The van der Waals surface area contributed by atoms with Gasteiger partial charge in [-0.3, -0.25) is 4.98 Å². The van der Waals surface area contributed by atoms with Crippen LogP contribution in [0.2, 0.25) is 0 Å². The van der Waals surface area contributed by atoms with Crippen LogP contribution >= 0.6 is 0 Å². The summed E-state index contributed by atoms with van der Waals surface area (Å²) in [6, 6.07) is 3.91. The van der Waals surface area contributed by atoms with Gasteiger partial charge in [-0.15, -0.1) is 0 Å². The molecule has 0 saturated carbocycles. The molecule has 5 heteroatoms. The maximum absolute atomic E-state index is 5.37. The third kappa shape index (κ3) is 2.13. The van der Waals surface area contributed by atoms with Crippen LogP contribution in [-0.4, -0.2) is 28.2 Å². The van der Waals surface area contributed by atoms with Crippen molar-refractivity contribution in [3.05, 3.63) is 29.8 Å². The minimum atomic E-state index is 0.337. The highest BCUT2D eigenvalue weighted by atomic mass is 16.5. The second-order valence-electron chi connectivity index (χ2n) is 4.67. The Labute approximate surface area is 106 Å². The van der Waals surface area contributed by atoms with Crippen molar-refractivity contribution in [1.82, 2.24) is 20.4 Å². The summed E-state index contributed by atoms with van der Waals surface area (Å²) in [5, 5.41) is 7.40. The second-order valence-corrected chi connectivity index (χ2v) is 4.67. The van der Waals surface area contributed by atoms with Crippen molar-refractivity contribution in [1.29, 1.82) is 0 Å². The summed E-state index contributed by atoms with van der Waals surface area (Å²) >= 11 is 0. The average molecular weight is 244 g/mol. The number of pyridine rings is 1. The molecule has 0 aliphatic carbocycles. The van der Waals surface area contributed by atoms with Crippen LogP contribution in [0.4, 0.5) is 0 Å². The highest BCUT2D eigenvalue weighted by Gasteiger charge is 2.22. The SMILES string of the molecule is Cc1cccnc1-c1noc(C2CCCNC2)n1. The minimum Gasteiger partial charge on any atom is -0.339 e. The van der Waals surface area contributed by atoms with Gasteiger partial charge in [-0.25, -0.2) is 0 Å². The molecule has 1 aliphatic heterocycles. The third-order valence-corrected chi connectivity index (χ3v) is 3.31. The number of aryl methyl sites for hydroxylation is 1. The number of rotatable bonds is 2. The molecule has 0 radical (unpaired) electrons. The Morgan fingerprint density at radius 1 is 1.44 bits per heavy atom. The van der Waals surface area contributed by atoms with Crippen LogP contribution in [0.3, 0.4) is 0 Å². The lowest BCUT2D eigenvalue weighted by atomic mass is 10.00. The highest BCUT2D eigenvalue weighted by molar-refractivity contribution is 5.53. The zero-order valence-electron chi connectivity index (χ0n) is 10.4. The van der Waals surface area contributed by atoms with Crippen molar-refractivity contribution in [2.75, 3.05) is 13.1 Å². The Hall–Kier alpha value is -1.75. The molecule has 0 amide bonds. The van der Waals surface area contributed by atoms with Crippen LogP contribution in [0.25, 0.3) is 11.5 Å². The van der Waals surface area contributed by atoms with Crippen molar-refractivity contribution in [3.63, 3.8) is 0 Å². The van der Waals surface area contributed by atoms with Crippen LogP contribution in [0.15, 0.2) is 22.9 Å². The van der Waals surface area contributed by atoms with Crippen LogP contribution in [0.1, 0.15) is 30.2 Å². The fourth-order valence-corrected chi connectivity index (χ4v) is 2.28. The number of nitrogens with one attached hydrogen (secondary N) is 1. The van der Waals surface area contributed by atoms with E-state index in [1.165, 1.54) is 0 Å². The molecule has 0 bridgehead atoms. The molecule has 3 heterocycles. The molecule has 18 heavy (non-hydrogen) atoms. The summed E-state index contributed by atoms with van der Waals surface area (Å²) in [5.74, 6) is 1.65. The molecule has 1 saturated heterocycles. The fraction of sp³-hybridized carbons (Fsp3) is 0.462. The summed E-state index contributed by atoms with van der Waals surface area (Å²) in [7, 11) is 0. The maximum Gasteiger partial charge on any atom is 0.231 e. The van der Waals surface area contributed by atoms with Gasteiger partial charge in [0.15, 0.2) is 0 Å². The van der Waals surface area contributed by atoms with Crippen molar-refractivity contribution in [2.24, 2.45) is 0 Å². The van der Waals surface area contributed by atoms with Gasteiger partial charge in [-0.05, 0) is 37.9 Å². The Bertz CT molecular complexity index is 531. The molecule has 1 atom stereocenters. The van der Waals surface area contributed by atoms with E-state index in [2.05, 4.69) is 20.4 Å². The molecule has 1 unspecified atom stereocenters. The lowest BCUT2D eigenvalue weighted by Gasteiger charge is -2.18. The molecule has 1 N–H and O–H groups in total.